The number of nitrogens with two attached hydrogens (primary N) is 1. The first-order valence-corrected chi connectivity index (χ1v) is 3.85. The summed E-state index contributed by atoms with van der Waals surface area (Å²) in [6, 6.07) is 0. The Morgan fingerprint density at radius 1 is 1.43 bits per heavy atom. The Balaban J connectivity index is 3.27. The molecule has 0 atom stereocenters. The zero-order valence-electron chi connectivity index (χ0n) is 7.42. The average molecular weight is 199 g/mol. The van der Waals surface area contributed by atoms with Gasteiger partial charge in [0.15, 0.2) is 5.69 Å². The van der Waals surface area contributed by atoms with Gasteiger partial charge in [0.05, 0.1) is 6.61 Å². The van der Waals surface area contributed by atoms with Gasteiger partial charge in [-0.15, -0.1) is 0 Å². The van der Waals surface area contributed by atoms with E-state index in [1.807, 2.05) is 4.98 Å². The van der Waals surface area contributed by atoms with E-state index < -0.39 is 17.2 Å². The standard InChI is InChI=1S/C7H9N3O4/c1-2-14-6(12)4-3(8)5(11)10-7(13)9-4/h2,8H2,1H3,(H2,9,10,11,13). The van der Waals surface area contributed by atoms with Crippen LogP contribution < -0.4 is 17.0 Å². The Kier molecular flexibility index (Phi) is 2.70. The summed E-state index contributed by atoms with van der Waals surface area (Å²) >= 11 is 0. The normalized spacial score (nSPS) is 9.79. The van der Waals surface area contributed by atoms with E-state index in [0.717, 1.165) is 0 Å². The smallest absolute Gasteiger partial charge is 0.357 e. The fourth-order valence-corrected chi connectivity index (χ4v) is 0.860. The van der Waals surface area contributed by atoms with Gasteiger partial charge >= 0.3 is 11.7 Å². The molecule has 0 aromatic carbocycles. The molecule has 1 rings (SSSR count). The van der Waals surface area contributed by atoms with E-state index in [2.05, 4.69) is 9.72 Å². The van der Waals surface area contributed by atoms with E-state index >= 15 is 0 Å². The van der Waals surface area contributed by atoms with Crippen molar-refractivity contribution in [3.63, 3.8) is 0 Å². The molecule has 0 fully saturated rings. The molecule has 0 aliphatic heterocycles. The fourth-order valence-electron chi connectivity index (χ4n) is 0.860. The molecular formula is C7H9N3O4. The van der Waals surface area contributed by atoms with Crippen molar-refractivity contribution in [1.82, 2.24) is 9.97 Å². The molecule has 4 N–H and O–H groups in total. The van der Waals surface area contributed by atoms with Gasteiger partial charge in [0.2, 0.25) is 0 Å². The summed E-state index contributed by atoms with van der Waals surface area (Å²) in [5.74, 6) is -0.826. The third-order valence-corrected chi connectivity index (χ3v) is 1.46. The van der Waals surface area contributed by atoms with Crippen molar-refractivity contribution in [3.05, 3.63) is 26.5 Å². The van der Waals surface area contributed by atoms with Crippen molar-refractivity contribution >= 4 is 11.7 Å². The Morgan fingerprint density at radius 3 is 2.64 bits per heavy atom. The highest BCUT2D eigenvalue weighted by Crippen LogP contribution is 2.00. The van der Waals surface area contributed by atoms with Crippen LogP contribution in [0.3, 0.4) is 0 Å². The number of carbonyl (C=O) groups is 1. The number of H-pyrrole nitrogens is 2. The second-order valence-corrected chi connectivity index (χ2v) is 2.42. The van der Waals surface area contributed by atoms with E-state index in [1.165, 1.54) is 0 Å². The summed E-state index contributed by atoms with van der Waals surface area (Å²) in [5.41, 5.74) is 2.98. The molecule has 1 aromatic rings. The van der Waals surface area contributed by atoms with Gasteiger partial charge in [-0.25, -0.2) is 9.59 Å². The van der Waals surface area contributed by atoms with Crippen molar-refractivity contribution in [2.75, 3.05) is 12.3 Å². The van der Waals surface area contributed by atoms with Gasteiger partial charge in [0.1, 0.15) is 5.69 Å². The SMILES string of the molecule is CCOC(=O)c1[nH]c(=O)[nH]c(=O)c1N. The summed E-state index contributed by atoms with van der Waals surface area (Å²) < 4.78 is 4.58. The van der Waals surface area contributed by atoms with Crippen molar-refractivity contribution in [2.24, 2.45) is 0 Å². The van der Waals surface area contributed by atoms with E-state index in [0.29, 0.717) is 0 Å². The number of rotatable bonds is 2. The second kappa shape index (κ2) is 3.77. The molecule has 0 spiro atoms. The highest BCUT2D eigenvalue weighted by molar-refractivity contribution is 5.92. The third kappa shape index (κ3) is 1.82. The van der Waals surface area contributed by atoms with Gasteiger partial charge in [-0.3, -0.25) is 14.8 Å². The van der Waals surface area contributed by atoms with Gasteiger partial charge in [-0.2, -0.15) is 0 Å². The maximum atomic E-state index is 11.1. The van der Waals surface area contributed by atoms with Crippen LogP contribution in [0, 0.1) is 0 Å². The van der Waals surface area contributed by atoms with Crippen LogP contribution in [-0.4, -0.2) is 22.5 Å². The summed E-state index contributed by atoms with van der Waals surface area (Å²) in [6.07, 6.45) is 0. The van der Waals surface area contributed by atoms with Gasteiger partial charge in [-0.1, -0.05) is 0 Å². The number of anilines is 1. The molecule has 0 aliphatic rings. The lowest BCUT2D eigenvalue weighted by atomic mass is 10.3. The van der Waals surface area contributed by atoms with Crippen LogP contribution >= 0.6 is 0 Å². The zero-order chi connectivity index (χ0) is 10.7. The van der Waals surface area contributed by atoms with Crippen molar-refractivity contribution in [1.29, 1.82) is 0 Å². The molecule has 7 heteroatoms. The number of hydrogen-bond donors (Lipinski definition) is 3. The van der Waals surface area contributed by atoms with E-state index in [-0.39, 0.29) is 18.0 Å². The number of aromatic nitrogens is 2. The predicted molar refractivity (Wildman–Crippen MR) is 48.1 cm³/mol. The molecule has 0 aliphatic carbocycles. The Labute approximate surface area is 77.9 Å². The van der Waals surface area contributed by atoms with Crippen LogP contribution in [0.5, 0.6) is 0 Å². The van der Waals surface area contributed by atoms with Crippen molar-refractivity contribution in [2.45, 2.75) is 6.92 Å². The average Bonchev–Trinajstić information content (AvgIpc) is 2.11. The number of carbonyl (C=O) groups excluding carboxylic acids is 1. The van der Waals surface area contributed by atoms with Crippen LogP contribution in [-0.2, 0) is 4.74 Å². The Hall–Kier alpha value is -2.05. The number of hydrogen-bond acceptors (Lipinski definition) is 5. The molecule has 0 amide bonds. The number of aromatic amines is 2. The minimum atomic E-state index is -0.826. The van der Waals surface area contributed by atoms with Gasteiger partial charge < -0.3 is 10.5 Å². The molecule has 76 valence electrons. The first-order chi connectivity index (χ1) is 6.56. The maximum absolute atomic E-state index is 11.1. The molecule has 1 heterocycles. The topological polar surface area (TPSA) is 118 Å². The number of nitrogen functional groups attached to an aromatic ring is 1. The van der Waals surface area contributed by atoms with Gasteiger partial charge in [0, 0.05) is 0 Å². The first-order valence-electron chi connectivity index (χ1n) is 3.85. The molecule has 0 unspecified atom stereocenters. The monoisotopic (exact) mass is 199 g/mol. The summed E-state index contributed by atoms with van der Waals surface area (Å²) in [5, 5.41) is 0. The molecular weight excluding hydrogens is 190 g/mol. The first kappa shape index (κ1) is 10.0. The van der Waals surface area contributed by atoms with Crippen molar-refractivity contribution in [3.8, 4) is 0 Å². The summed E-state index contributed by atoms with van der Waals surface area (Å²) in [6.45, 7) is 1.73. The molecule has 0 radical (unpaired) electrons. The Morgan fingerprint density at radius 2 is 2.07 bits per heavy atom. The minimum Gasteiger partial charge on any atom is -0.461 e. The second-order valence-electron chi connectivity index (χ2n) is 2.42. The van der Waals surface area contributed by atoms with E-state index in [9.17, 15) is 14.4 Å². The largest absolute Gasteiger partial charge is 0.461 e. The summed E-state index contributed by atoms with van der Waals surface area (Å²) in [4.78, 5) is 36.9. The Bertz CT molecular complexity index is 459. The highest BCUT2D eigenvalue weighted by Gasteiger charge is 2.14. The predicted octanol–water partition coefficient (Wildman–Crippen LogP) is -1.18. The van der Waals surface area contributed by atoms with E-state index in [4.69, 9.17) is 5.73 Å². The molecule has 14 heavy (non-hydrogen) atoms. The summed E-state index contributed by atoms with van der Waals surface area (Å²) in [7, 11) is 0. The van der Waals surface area contributed by atoms with E-state index in [1.54, 1.807) is 6.92 Å². The lowest BCUT2D eigenvalue weighted by Crippen LogP contribution is -2.29. The van der Waals surface area contributed by atoms with Crippen LogP contribution in [0.1, 0.15) is 17.4 Å². The number of ether oxygens (including phenoxy) is 1. The number of esters is 1. The molecule has 1 aromatic heterocycles. The van der Waals surface area contributed by atoms with Gasteiger partial charge in [-0.05, 0) is 6.92 Å². The molecule has 0 saturated heterocycles. The minimum absolute atomic E-state index is 0.132. The maximum Gasteiger partial charge on any atom is 0.357 e. The van der Waals surface area contributed by atoms with Crippen molar-refractivity contribution < 1.29 is 9.53 Å². The molecule has 0 saturated carbocycles. The quantitative estimate of drug-likeness (QED) is 0.518. The number of nitrogens with one attached hydrogen (secondary N) is 2. The third-order valence-electron chi connectivity index (χ3n) is 1.46. The van der Waals surface area contributed by atoms with Gasteiger partial charge in [0.25, 0.3) is 5.56 Å². The lowest BCUT2D eigenvalue weighted by molar-refractivity contribution is 0.0520. The van der Waals surface area contributed by atoms with Crippen LogP contribution in [0.25, 0.3) is 0 Å². The lowest BCUT2D eigenvalue weighted by Gasteiger charge is -2.02. The highest BCUT2D eigenvalue weighted by atomic mass is 16.5. The van der Waals surface area contributed by atoms with Crippen LogP contribution in [0.15, 0.2) is 9.59 Å². The fraction of sp³-hybridized carbons (Fsp3) is 0.286. The van der Waals surface area contributed by atoms with Crippen LogP contribution in [0.2, 0.25) is 0 Å². The molecule has 0 bridgehead atoms. The zero-order valence-corrected chi connectivity index (χ0v) is 7.42. The van der Waals surface area contributed by atoms with Crippen LogP contribution in [0.4, 0.5) is 5.69 Å². The molecule has 7 nitrogen and oxygen atoms in total.